The number of amides is 1. The fourth-order valence-electron chi connectivity index (χ4n) is 2.32. The maximum Gasteiger partial charge on any atom is 0.270 e. The molecule has 0 atom stereocenters. The van der Waals surface area contributed by atoms with Crippen molar-refractivity contribution in [2.24, 2.45) is 0 Å². The van der Waals surface area contributed by atoms with Gasteiger partial charge >= 0.3 is 0 Å². The molecule has 0 spiro atoms. The van der Waals surface area contributed by atoms with Crippen LogP contribution in [0.2, 0.25) is 0 Å². The lowest BCUT2D eigenvalue weighted by Crippen LogP contribution is -2.24. The Labute approximate surface area is 152 Å². The van der Waals surface area contributed by atoms with Gasteiger partial charge in [0, 0.05) is 37.1 Å². The van der Waals surface area contributed by atoms with Gasteiger partial charge < -0.3 is 10.6 Å². The Morgan fingerprint density at radius 1 is 1.08 bits per heavy atom. The summed E-state index contributed by atoms with van der Waals surface area (Å²) in [6.45, 7) is 4.64. The Morgan fingerprint density at radius 2 is 1.85 bits per heavy atom. The second kappa shape index (κ2) is 8.53. The van der Waals surface area contributed by atoms with Crippen molar-refractivity contribution in [1.29, 1.82) is 0 Å². The van der Waals surface area contributed by atoms with Gasteiger partial charge in [0.15, 0.2) is 5.82 Å². The van der Waals surface area contributed by atoms with E-state index < -0.39 is 0 Å². The second-order valence-electron chi connectivity index (χ2n) is 5.54. The van der Waals surface area contributed by atoms with E-state index in [4.69, 9.17) is 0 Å². The number of aromatic nitrogens is 3. The first-order valence-corrected chi connectivity index (χ1v) is 8.22. The number of carbonyl (C=O) groups excluding carboxylic acids is 1. The molecule has 0 aliphatic carbocycles. The lowest BCUT2D eigenvalue weighted by molar-refractivity contribution is 0.0946. The largest absolute Gasteiger partial charge is 0.366 e. The highest BCUT2D eigenvalue weighted by Gasteiger charge is 2.13. The molecule has 0 fully saturated rings. The Balaban J connectivity index is 1.84. The third kappa shape index (κ3) is 4.51. The SMILES string of the molecule is C=CCNc1cc(C(=O)NCc2ccncc2)nc(-c2ccccc2)n1. The fourth-order valence-corrected chi connectivity index (χ4v) is 2.32. The number of anilines is 1. The molecule has 2 aromatic heterocycles. The zero-order valence-corrected chi connectivity index (χ0v) is 14.2. The number of nitrogens with zero attached hydrogens (tertiary/aromatic N) is 3. The average Bonchev–Trinajstić information content (AvgIpc) is 2.71. The van der Waals surface area contributed by atoms with Crippen LogP contribution in [0.15, 0.2) is 73.6 Å². The van der Waals surface area contributed by atoms with Crippen LogP contribution in [-0.4, -0.2) is 27.4 Å². The normalized spacial score (nSPS) is 10.2. The van der Waals surface area contributed by atoms with Gasteiger partial charge in [-0.3, -0.25) is 9.78 Å². The molecule has 0 saturated heterocycles. The van der Waals surface area contributed by atoms with E-state index in [9.17, 15) is 4.79 Å². The molecule has 3 rings (SSSR count). The molecular weight excluding hydrogens is 326 g/mol. The summed E-state index contributed by atoms with van der Waals surface area (Å²) >= 11 is 0. The molecular formula is C20H19N5O. The number of hydrogen-bond donors (Lipinski definition) is 2. The summed E-state index contributed by atoms with van der Waals surface area (Å²) in [4.78, 5) is 25.4. The highest BCUT2D eigenvalue weighted by molar-refractivity contribution is 5.93. The number of nitrogens with one attached hydrogen (secondary N) is 2. The predicted octanol–water partition coefficient (Wildman–Crippen LogP) is 3.07. The Morgan fingerprint density at radius 3 is 2.58 bits per heavy atom. The van der Waals surface area contributed by atoms with Crippen LogP contribution < -0.4 is 10.6 Å². The first-order chi connectivity index (χ1) is 12.8. The lowest BCUT2D eigenvalue weighted by Gasteiger charge is -2.10. The van der Waals surface area contributed by atoms with Crippen LogP contribution in [0.4, 0.5) is 5.82 Å². The number of hydrogen-bond acceptors (Lipinski definition) is 5. The molecule has 3 aromatic rings. The topological polar surface area (TPSA) is 79.8 Å². The summed E-state index contributed by atoms with van der Waals surface area (Å²) in [6.07, 6.45) is 5.11. The minimum absolute atomic E-state index is 0.261. The highest BCUT2D eigenvalue weighted by atomic mass is 16.1. The summed E-state index contributed by atoms with van der Waals surface area (Å²) in [5.74, 6) is 0.810. The fraction of sp³-hybridized carbons (Fsp3) is 0.100. The summed E-state index contributed by atoms with van der Waals surface area (Å²) in [6, 6.07) is 14.9. The van der Waals surface area contributed by atoms with Crippen molar-refractivity contribution >= 4 is 11.7 Å². The first kappa shape index (κ1) is 17.3. The van der Waals surface area contributed by atoms with E-state index >= 15 is 0 Å². The van der Waals surface area contributed by atoms with Crippen molar-refractivity contribution in [3.8, 4) is 11.4 Å². The van der Waals surface area contributed by atoms with Crippen molar-refractivity contribution in [3.63, 3.8) is 0 Å². The summed E-state index contributed by atoms with van der Waals surface area (Å²) in [5.41, 5.74) is 2.12. The quantitative estimate of drug-likeness (QED) is 0.643. The third-order valence-corrected chi connectivity index (χ3v) is 3.62. The second-order valence-corrected chi connectivity index (χ2v) is 5.54. The Kier molecular flexibility index (Phi) is 5.67. The van der Waals surface area contributed by atoms with E-state index in [0.717, 1.165) is 11.1 Å². The van der Waals surface area contributed by atoms with E-state index in [2.05, 4.69) is 32.2 Å². The van der Waals surface area contributed by atoms with E-state index in [1.54, 1.807) is 24.5 Å². The highest BCUT2D eigenvalue weighted by Crippen LogP contribution is 2.18. The molecule has 0 unspecified atom stereocenters. The molecule has 0 radical (unpaired) electrons. The molecule has 26 heavy (non-hydrogen) atoms. The predicted molar refractivity (Wildman–Crippen MR) is 102 cm³/mol. The number of pyridine rings is 1. The molecule has 1 aromatic carbocycles. The average molecular weight is 345 g/mol. The van der Waals surface area contributed by atoms with Crippen molar-refractivity contribution in [2.45, 2.75) is 6.54 Å². The molecule has 130 valence electrons. The molecule has 1 amide bonds. The van der Waals surface area contributed by atoms with Gasteiger partial charge in [0.1, 0.15) is 11.5 Å². The van der Waals surface area contributed by atoms with E-state index in [1.807, 2.05) is 42.5 Å². The first-order valence-electron chi connectivity index (χ1n) is 8.22. The zero-order chi connectivity index (χ0) is 18.2. The lowest BCUT2D eigenvalue weighted by atomic mass is 10.2. The van der Waals surface area contributed by atoms with Gasteiger partial charge in [-0.2, -0.15) is 0 Å². The van der Waals surface area contributed by atoms with Gasteiger partial charge in [-0.25, -0.2) is 9.97 Å². The molecule has 0 aliphatic heterocycles. The van der Waals surface area contributed by atoms with Gasteiger partial charge in [-0.1, -0.05) is 36.4 Å². The van der Waals surface area contributed by atoms with Gasteiger partial charge in [0.25, 0.3) is 5.91 Å². The van der Waals surface area contributed by atoms with E-state index in [-0.39, 0.29) is 5.91 Å². The molecule has 6 nitrogen and oxygen atoms in total. The Bertz CT molecular complexity index is 881. The van der Waals surface area contributed by atoms with Gasteiger partial charge in [0.05, 0.1) is 0 Å². The van der Waals surface area contributed by atoms with Crippen LogP contribution in [0.3, 0.4) is 0 Å². The third-order valence-electron chi connectivity index (χ3n) is 3.62. The van der Waals surface area contributed by atoms with Crippen LogP contribution in [0.1, 0.15) is 16.1 Å². The van der Waals surface area contributed by atoms with Gasteiger partial charge in [0.2, 0.25) is 0 Å². The van der Waals surface area contributed by atoms with Crippen LogP contribution >= 0.6 is 0 Å². The van der Waals surface area contributed by atoms with E-state index in [0.29, 0.717) is 30.4 Å². The summed E-state index contributed by atoms with van der Waals surface area (Å²) < 4.78 is 0. The minimum atomic E-state index is -0.261. The Hall–Kier alpha value is -3.54. The summed E-state index contributed by atoms with van der Waals surface area (Å²) in [5, 5.41) is 5.99. The molecule has 0 aliphatic rings. The van der Waals surface area contributed by atoms with Gasteiger partial charge in [-0.15, -0.1) is 6.58 Å². The van der Waals surface area contributed by atoms with Crippen molar-refractivity contribution < 1.29 is 4.79 Å². The van der Waals surface area contributed by atoms with Crippen molar-refractivity contribution in [3.05, 3.63) is 84.8 Å². The van der Waals surface area contributed by atoms with Crippen LogP contribution in [-0.2, 0) is 6.54 Å². The van der Waals surface area contributed by atoms with Crippen LogP contribution in [0, 0.1) is 0 Å². The molecule has 0 bridgehead atoms. The molecule has 6 heteroatoms. The minimum Gasteiger partial charge on any atom is -0.366 e. The molecule has 2 N–H and O–H groups in total. The monoisotopic (exact) mass is 345 g/mol. The van der Waals surface area contributed by atoms with Gasteiger partial charge in [-0.05, 0) is 17.7 Å². The van der Waals surface area contributed by atoms with Crippen molar-refractivity contribution in [2.75, 3.05) is 11.9 Å². The zero-order valence-electron chi connectivity index (χ0n) is 14.2. The molecule has 2 heterocycles. The number of benzene rings is 1. The standard InChI is InChI=1S/C20H19N5O/c1-2-10-22-18-13-17(20(26)23-14-15-8-11-21-12-9-15)24-19(25-18)16-6-4-3-5-7-16/h2-9,11-13H,1,10,14H2,(H,23,26)(H,22,24,25). The smallest absolute Gasteiger partial charge is 0.270 e. The molecule has 0 saturated carbocycles. The number of carbonyl (C=O) groups is 1. The maximum atomic E-state index is 12.6. The van der Waals surface area contributed by atoms with Crippen LogP contribution in [0.5, 0.6) is 0 Å². The number of rotatable bonds is 7. The summed E-state index contributed by atoms with van der Waals surface area (Å²) in [7, 11) is 0. The maximum absolute atomic E-state index is 12.6. The van der Waals surface area contributed by atoms with E-state index in [1.165, 1.54) is 0 Å². The van der Waals surface area contributed by atoms with Crippen LogP contribution in [0.25, 0.3) is 11.4 Å². The van der Waals surface area contributed by atoms with Crippen molar-refractivity contribution in [1.82, 2.24) is 20.3 Å².